The van der Waals surface area contributed by atoms with Gasteiger partial charge in [0.2, 0.25) is 0 Å². The maximum absolute atomic E-state index is 13.6. The number of nitrogens with zero attached hydrogens (tertiary/aromatic N) is 1. The zero-order valence-electron chi connectivity index (χ0n) is 15.9. The lowest BCUT2D eigenvalue weighted by molar-refractivity contribution is -0.136. The molecule has 3 rings (SSSR count). The van der Waals surface area contributed by atoms with Gasteiger partial charge in [0.15, 0.2) is 0 Å². The first-order chi connectivity index (χ1) is 14.9. The van der Waals surface area contributed by atoms with E-state index in [0.717, 1.165) is 10.0 Å². The van der Waals surface area contributed by atoms with Gasteiger partial charge in [0.05, 0.1) is 11.9 Å². The van der Waals surface area contributed by atoms with Gasteiger partial charge in [-0.05, 0) is 36.4 Å². The highest BCUT2D eigenvalue weighted by atomic mass is 79.9. The highest BCUT2D eigenvalue weighted by Crippen LogP contribution is 2.24. The summed E-state index contributed by atoms with van der Waals surface area (Å²) in [6.45, 7) is 0.236. The van der Waals surface area contributed by atoms with E-state index in [4.69, 9.17) is 16.3 Å². The molecule has 6 nitrogen and oxygen atoms in total. The average Bonchev–Trinajstić information content (AvgIpc) is 2.75. The molecular formula is C22H16BrClFN3O3. The van der Waals surface area contributed by atoms with Crippen molar-refractivity contribution in [1.82, 2.24) is 5.43 Å². The van der Waals surface area contributed by atoms with Crippen molar-refractivity contribution in [1.29, 1.82) is 0 Å². The molecule has 0 atom stereocenters. The number of anilines is 1. The van der Waals surface area contributed by atoms with Crippen LogP contribution >= 0.6 is 27.5 Å². The van der Waals surface area contributed by atoms with Crippen molar-refractivity contribution in [3.05, 3.63) is 93.2 Å². The van der Waals surface area contributed by atoms with Gasteiger partial charge in [-0.3, -0.25) is 9.59 Å². The summed E-state index contributed by atoms with van der Waals surface area (Å²) >= 11 is 9.52. The van der Waals surface area contributed by atoms with Crippen molar-refractivity contribution in [3.63, 3.8) is 0 Å². The largest absolute Gasteiger partial charge is 0.488 e. The molecule has 0 aliphatic carbocycles. The monoisotopic (exact) mass is 503 g/mol. The second kappa shape index (κ2) is 10.7. The van der Waals surface area contributed by atoms with E-state index in [-0.39, 0.29) is 12.3 Å². The SMILES string of the molecule is O=C(N/N=C\c1cc(Br)ccc1OCc1ccccc1Cl)C(=O)Nc1ccccc1F. The smallest absolute Gasteiger partial charge is 0.329 e. The van der Waals surface area contributed by atoms with Crippen LogP contribution in [0.1, 0.15) is 11.1 Å². The minimum atomic E-state index is -1.05. The Morgan fingerprint density at radius 2 is 1.81 bits per heavy atom. The second-order valence-corrected chi connectivity index (χ2v) is 7.52. The van der Waals surface area contributed by atoms with Crippen molar-refractivity contribution >= 4 is 51.2 Å². The quantitative estimate of drug-likeness (QED) is 0.284. The van der Waals surface area contributed by atoms with Crippen molar-refractivity contribution in [2.45, 2.75) is 6.61 Å². The lowest BCUT2D eigenvalue weighted by Crippen LogP contribution is -2.32. The van der Waals surface area contributed by atoms with Gasteiger partial charge < -0.3 is 10.1 Å². The highest BCUT2D eigenvalue weighted by molar-refractivity contribution is 9.10. The summed E-state index contributed by atoms with van der Waals surface area (Å²) in [7, 11) is 0. The van der Waals surface area contributed by atoms with Crippen LogP contribution in [0.4, 0.5) is 10.1 Å². The number of para-hydroxylation sites is 1. The Kier molecular flexibility index (Phi) is 7.75. The number of benzene rings is 3. The summed E-state index contributed by atoms with van der Waals surface area (Å²) < 4.78 is 20.2. The maximum Gasteiger partial charge on any atom is 0.329 e. The number of amides is 2. The van der Waals surface area contributed by atoms with Crippen molar-refractivity contribution < 1.29 is 18.7 Å². The average molecular weight is 505 g/mol. The van der Waals surface area contributed by atoms with Crippen LogP contribution in [0.25, 0.3) is 0 Å². The Balaban J connectivity index is 1.64. The molecule has 0 aliphatic rings. The molecule has 2 N–H and O–H groups in total. The summed E-state index contributed by atoms with van der Waals surface area (Å²) in [5, 5.41) is 6.56. The molecule has 31 heavy (non-hydrogen) atoms. The molecule has 0 spiro atoms. The number of ether oxygens (including phenoxy) is 1. The standard InChI is InChI=1S/C22H16BrClFN3O3/c23-16-9-10-20(31-13-14-5-1-2-6-17(14)24)15(11-16)12-26-28-22(30)21(29)27-19-8-4-3-7-18(19)25/h1-12H,13H2,(H,27,29)(H,28,30)/b26-12-. The predicted octanol–water partition coefficient (Wildman–Crippen LogP) is 4.91. The molecule has 0 aromatic heterocycles. The van der Waals surface area contributed by atoms with E-state index < -0.39 is 17.6 Å². The Morgan fingerprint density at radius 3 is 2.58 bits per heavy atom. The Morgan fingerprint density at radius 1 is 1.06 bits per heavy atom. The van der Waals surface area contributed by atoms with Crippen molar-refractivity contribution in [3.8, 4) is 5.75 Å². The third-order valence-corrected chi connectivity index (χ3v) is 4.87. The summed E-state index contributed by atoms with van der Waals surface area (Å²) in [5.74, 6) is -2.25. The van der Waals surface area contributed by atoms with Gasteiger partial charge in [-0.1, -0.05) is 57.9 Å². The van der Waals surface area contributed by atoms with Gasteiger partial charge in [-0.25, -0.2) is 9.82 Å². The number of carbonyl (C=O) groups is 2. The number of carbonyl (C=O) groups excluding carboxylic acids is 2. The number of hydrogen-bond acceptors (Lipinski definition) is 4. The van der Waals surface area contributed by atoms with E-state index in [1.165, 1.54) is 30.5 Å². The van der Waals surface area contributed by atoms with Crippen LogP contribution in [-0.4, -0.2) is 18.0 Å². The Bertz CT molecular complexity index is 1140. The van der Waals surface area contributed by atoms with E-state index >= 15 is 0 Å². The second-order valence-electron chi connectivity index (χ2n) is 6.20. The number of halogens is 3. The van der Waals surface area contributed by atoms with Gasteiger partial charge in [0, 0.05) is 20.6 Å². The van der Waals surface area contributed by atoms with Crippen LogP contribution in [0.5, 0.6) is 5.75 Å². The lowest BCUT2D eigenvalue weighted by atomic mass is 10.2. The minimum absolute atomic E-state index is 0.103. The molecule has 3 aromatic carbocycles. The first-order valence-electron chi connectivity index (χ1n) is 8.98. The van der Waals surface area contributed by atoms with Crippen LogP contribution in [0.2, 0.25) is 5.02 Å². The van der Waals surface area contributed by atoms with Crippen molar-refractivity contribution in [2.75, 3.05) is 5.32 Å². The van der Waals surface area contributed by atoms with Crippen LogP contribution in [0.3, 0.4) is 0 Å². The zero-order chi connectivity index (χ0) is 22.2. The number of hydrazone groups is 1. The molecule has 0 bridgehead atoms. The number of nitrogens with one attached hydrogen (secondary N) is 2. The van der Waals surface area contributed by atoms with E-state index in [2.05, 4.69) is 31.8 Å². The zero-order valence-corrected chi connectivity index (χ0v) is 18.3. The van der Waals surface area contributed by atoms with E-state index in [1.54, 1.807) is 24.3 Å². The van der Waals surface area contributed by atoms with Gasteiger partial charge >= 0.3 is 11.8 Å². The highest BCUT2D eigenvalue weighted by Gasteiger charge is 2.14. The topological polar surface area (TPSA) is 79.8 Å². The first kappa shape index (κ1) is 22.5. The van der Waals surface area contributed by atoms with Crippen LogP contribution in [0, 0.1) is 5.82 Å². The Labute approximate surface area is 191 Å². The van der Waals surface area contributed by atoms with Gasteiger partial charge in [-0.15, -0.1) is 0 Å². The summed E-state index contributed by atoms with van der Waals surface area (Å²) in [4.78, 5) is 23.8. The number of hydrogen-bond donors (Lipinski definition) is 2. The number of rotatable bonds is 6. The van der Waals surface area contributed by atoms with Crippen LogP contribution in [-0.2, 0) is 16.2 Å². The van der Waals surface area contributed by atoms with Crippen LogP contribution in [0.15, 0.2) is 76.3 Å². The third kappa shape index (κ3) is 6.37. The molecule has 0 fully saturated rings. The molecule has 0 saturated carbocycles. The molecule has 3 aromatic rings. The molecular weight excluding hydrogens is 489 g/mol. The lowest BCUT2D eigenvalue weighted by Gasteiger charge is -2.10. The third-order valence-electron chi connectivity index (χ3n) is 4.01. The van der Waals surface area contributed by atoms with Gasteiger partial charge in [0.25, 0.3) is 0 Å². The summed E-state index contributed by atoms with van der Waals surface area (Å²) in [6, 6.07) is 18.1. The fourth-order valence-electron chi connectivity index (χ4n) is 2.48. The van der Waals surface area contributed by atoms with Crippen LogP contribution < -0.4 is 15.5 Å². The molecule has 0 aliphatic heterocycles. The maximum atomic E-state index is 13.6. The van der Waals surface area contributed by atoms with E-state index in [9.17, 15) is 14.0 Å². The normalized spacial score (nSPS) is 10.7. The van der Waals surface area contributed by atoms with Crippen molar-refractivity contribution in [2.24, 2.45) is 5.10 Å². The molecule has 0 radical (unpaired) electrons. The fraction of sp³-hybridized carbons (Fsp3) is 0.0455. The molecule has 9 heteroatoms. The summed E-state index contributed by atoms with van der Waals surface area (Å²) in [5.41, 5.74) is 3.37. The molecule has 2 amide bonds. The van der Waals surface area contributed by atoms with Gasteiger partial charge in [-0.2, -0.15) is 5.10 Å². The Hall–Kier alpha value is -3.23. The predicted molar refractivity (Wildman–Crippen MR) is 121 cm³/mol. The van der Waals surface area contributed by atoms with Gasteiger partial charge in [0.1, 0.15) is 18.2 Å². The fourth-order valence-corrected chi connectivity index (χ4v) is 3.04. The molecule has 158 valence electrons. The molecule has 0 unspecified atom stereocenters. The molecule has 0 heterocycles. The van der Waals surface area contributed by atoms with E-state index in [1.807, 2.05) is 18.2 Å². The molecule has 0 saturated heterocycles. The summed E-state index contributed by atoms with van der Waals surface area (Å²) in [6.07, 6.45) is 1.33. The van der Waals surface area contributed by atoms with E-state index in [0.29, 0.717) is 16.3 Å². The minimum Gasteiger partial charge on any atom is -0.488 e. The first-order valence-corrected chi connectivity index (χ1v) is 10.2.